The molecule has 0 fully saturated rings. The number of carbonyl (C=O) groups is 1. The fourth-order valence-corrected chi connectivity index (χ4v) is 1.65. The van der Waals surface area contributed by atoms with Gasteiger partial charge in [-0.1, -0.05) is 0 Å². The third-order valence-corrected chi connectivity index (χ3v) is 2.77. The van der Waals surface area contributed by atoms with E-state index in [1.807, 2.05) is 0 Å². The molecule has 0 radical (unpaired) electrons. The standard InChI is InChI=1S/C7H9ClN2O4S/c1-3-14-7(11)5-4-6(9-10(5)2)15(8,12)13/h4H,3H2,1-2H3. The van der Waals surface area contributed by atoms with Crippen LogP contribution in [0.4, 0.5) is 0 Å². The van der Waals surface area contributed by atoms with Gasteiger partial charge in [0.1, 0.15) is 5.69 Å². The first-order valence-electron chi connectivity index (χ1n) is 4.02. The molecule has 1 aromatic rings. The normalized spacial score (nSPS) is 11.4. The molecule has 8 heteroatoms. The fraction of sp³-hybridized carbons (Fsp3) is 0.429. The molecule has 1 rings (SSSR count). The number of halogens is 1. The van der Waals surface area contributed by atoms with E-state index in [0.717, 1.165) is 10.7 Å². The highest BCUT2D eigenvalue weighted by atomic mass is 35.7. The van der Waals surface area contributed by atoms with Crippen molar-refractivity contribution in [2.24, 2.45) is 7.05 Å². The number of rotatable bonds is 3. The Labute approximate surface area is 91.2 Å². The van der Waals surface area contributed by atoms with Gasteiger partial charge in [-0.15, -0.1) is 0 Å². The monoisotopic (exact) mass is 252 g/mol. The lowest BCUT2D eigenvalue weighted by Gasteiger charge is -1.99. The van der Waals surface area contributed by atoms with E-state index in [0.29, 0.717) is 0 Å². The van der Waals surface area contributed by atoms with Gasteiger partial charge in [0, 0.05) is 23.8 Å². The summed E-state index contributed by atoms with van der Waals surface area (Å²) >= 11 is 0. The smallest absolute Gasteiger partial charge is 0.356 e. The van der Waals surface area contributed by atoms with Gasteiger partial charge in [0.25, 0.3) is 9.05 Å². The van der Waals surface area contributed by atoms with E-state index >= 15 is 0 Å². The maximum atomic E-state index is 11.3. The number of aryl methyl sites for hydroxylation is 1. The Kier molecular flexibility index (Phi) is 3.35. The highest BCUT2D eigenvalue weighted by Gasteiger charge is 2.20. The van der Waals surface area contributed by atoms with Gasteiger partial charge in [-0.25, -0.2) is 13.2 Å². The Hall–Kier alpha value is -1.08. The van der Waals surface area contributed by atoms with Crippen molar-refractivity contribution in [3.63, 3.8) is 0 Å². The van der Waals surface area contributed by atoms with Gasteiger partial charge >= 0.3 is 5.97 Å². The molecule has 15 heavy (non-hydrogen) atoms. The first kappa shape index (κ1) is 12.0. The molecule has 0 N–H and O–H groups in total. The summed E-state index contributed by atoms with van der Waals surface area (Å²) in [7, 11) is 2.58. The predicted molar refractivity (Wildman–Crippen MR) is 52.2 cm³/mol. The zero-order valence-corrected chi connectivity index (χ0v) is 9.67. The van der Waals surface area contributed by atoms with Gasteiger partial charge in [-0.05, 0) is 6.92 Å². The maximum absolute atomic E-state index is 11.3. The van der Waals surface area contributed by atoms with Crippen molar-refractivity contribution < 1.29 is 17.9 Å². The third kappa shape index (κ3) is 2.69. The molecular formula is C7H9ClN2O4S. The number of hydrogen-bond acceptors (Lipinski definition) is 5. The molecule has 0 spiro atoms. The minimum absolute atomic E-state index is 0.0380. The summed E-state index contributed by atoms with van der Waals surface area (Å²) < 4.78 is 27.6. The second-order valence-electron chi connectivity index (χ2n) is 2.65. The number of aromatic nitrogens is 2. The van der Waals surface area contributed by atoms with E-state index in [1.54, 1.807) is 6.92 Å². The number of esters is 1. The number of hydrogen-bond donors (Lipinski definition) is 0. The Morgan fingerprint density at radius 3 is 2.67 bits per heavy atom. The summed E-state index contributed by atoms with van der Waals surface area (Å²) in [6.07, 6.45) is 0. The first-order valence-corrected chi connectivity index (χ1v) is 6.33. The highest BCUT2D eigenvalue weighted by Crippen LogP contribution is 2.14. The quantitative estimate of drug-likeness (QED) is 0.579. The molecule has 0 atom stereocenters. The molecular weight excluding hydrogens is 244 g/mol. The first-order chi connectivity index (χ1) is 6.86. The molecule has 0 aliphatic rings. The third-order valence-electron chi connectivity index (χ3n) is 1.59. The lowest BCUT2D eigenvalue weighted by Crippen LogP contribution is -2.10. The summed E-state index contributed by atoms with van der Waals surface area (Å²) in [4.78, 5) is 11.3. The minimum atomic E-state index is -3.92. The van der Waals surface area contributed by atoms with Gasteiger partial charge in [0.05, 0.1) is 6.61 Å². The van der Waals surface area contributed by atoms with E-state index < -0.39 is 15.0 Å². The second kappa shape index (κ2) is 4.19. The van der Waals surface area contributed by atoms with Crippen LogP contribution in [0.25, 0.3) is 0 Å². The highest BCUT2D eigenvalue weighted by molar-refractivity contribution is 8.13. The average molecular weight is 253 g/mol. The summed E-state index contributed by atoms with van der Waals surface area (Å²) in [5.74, 6) is -0.640. The lowest BCUT2D eigenvalue weighted by molar-refractivity contribution is 0.0513. The zero-order chi connectivity index (χ0) is 11.6. The van der Waals surface area contributed by atoms with Crippen molar-refractivity contribution in [2.45, 2.75) is 11.9 Å². The van der Waals surface area contributed by atoms with Crippen molar-refractivity contribution in [1.82, 2.24) is 9.78 Å². The van der Waals surface area contributed by atoms with Crippen LogP contribution in [0, 0.1) is 0 Å². The number of nitrogens with zero attached hydrogens (tertiary/aromatic N) is 2. The second-order valence-corrected chi connectivity index (χ2v) is 5.16. The van der Waals surface area contributed by atoms with Crippen LogP contribution in [-0.4, -0.2) is 30.8 Å². The molecule has 0 saturated heterocycles. The van der Waals surface area contributed by atoms with Gasteiger partial charge in [-0.2, -0.15) is 5.10 Å². The van der Waals surface area contributed by atoms with Crippen LogP contribution in [0.1, 0.15) is 17.4 Å². The van der Waals surface area contributed by atoms with E-state index in [4.69, 9.17) is 15.4 Å². The molecule has 1 heterocycles. The molecule has 0 amide bonds. The van der Waals surface area contributed by atoms with Gasteiger partial charge < -0.3 is 4.74 Å². The Morgan fingerprint density at radius 2 is 2.27 bits per heavy atom. The summed E-state index contributed by atoms with van der Waals surface area (Å²) in [5, 5.41) is 3.22. The number of ether oxygens (including phenoxy) is 1. The molecule has 1 aromatic heterocycles. The van der Waals surface area contributed by atoms with Crippen LogP contribution in [-0.2, 0) is 20.8 Å². The zero-order valence-electron chi connectivity index (χ0n) is 8.10. The van der Waals surface area contributed by atoms with E-state index in [1.165, 1.54) is 7.05 Å². The van der Waals surface area contributed by atoms with E-state index in [2.05, 4.69) is 5.10 Å². The number of carbonyl (C=O) groups excluding carboxylic acids is 1. The Morgan fingerprint density at radius 1 is 1.67 bits per heavy atom. The topological polar surface area (TPSA) is 78.3 Å². The SMILES string of the molecule is CCOC(=O)c1cc(S(=O)(=O)Cl)nn1C. The van der Waals surface area contributed by atoms with Crippen LogP contribution in [0.5, 0.6) is 0 Å². The van der Waals surface area contributed by atoms with Crippen LogP contribution in [0.2, 0.25) is 0 Å². The Bertz CT molecular complexity index is 479. The summed E-state index contributed by atoms with van der Waals surface area (Å²) in [6, 6.07) is 1.07. The van der Waals surface area contributed by atoms with Crippen molar-refractivity contribution in [3.05, 3.63) is 11.8 Å². The lowest BCUT2D eigenvalue weighted by atomic mass is 10.4. The van der Waals surface area contributed by atoms with E-state index in [-0.39, 0.29) is 17.3 Å². The molecule has 0 unspecified atom stereocenters. The molecule has 0 bridgehead atoms. The predicted octanol–water partition coefficient (Wildman–Crippen LogP) is 0.524. The maximum Gasteiger partial charge on any atom is 0.356 e. The van der Waals surface area contributed by atoms with Gasteiger partial charge in [0.2, 0.25) is 0 Å². The Balaban J connectivity index is 3.13. The van der Waals surface area contributed by atoms with Crippen LogP contribution in [0.15, 0.2) is 11.1 Å². The average Bonchev–Trinajstić information content (AvgIpc) is 2.47. The van der Waals surface area contributed by atoms with Crippen LogP contribution >= 0.6 is 10.7 Å². The van der Waals surface area contributed by atoms with E-state index in [9.17, 15) is 13.2 Å². The summed E-state index contributed by atoms with van der Waals surface area (Å²) in [6.45, 7) is 1.85. The molecule has 0 aliphatic heterocycles. The molecule has 0 aromatic carbocycles. The van der Waals surface area contributed by atoms with Gasteiger partial charge in [-0.3, -0.25) is 4.68 Å². The van der Waals surface area contributed by atoms with Crippen LogP contribution in [0.3, 0.4) is 0 Å². The molecule has 84 valence electrons. The van der Waals surface area contributed by atoms with Crippen LogP contribution < -0.4 is 0 Å². The van der Waals surface area contributed by atoms with Gasteiger partial charge in [0.15, 0.2) is 5.03 Å². The largest absolute Gasteiger partial charge is 0.461 e. The molecule has 0 saturated carbocycles. The molecule has 0 aliphatic carbocycles. The fourth-order valence-electron chi connectivity index (χ4n) is 0.956. The van der Waals surface area contributed by atoms with Crippen molar-refractivity contribution in [2.75, 3.05) is 6.61 Å². The minimum Gasteiger partial charge on any atom is -0.461 e. The molecule has 6 nitrogen and oxygen atoms in total. The van der Waals surface area contributed by atoms with Crippen molar-refractivity contribution in [1.29, 1.82) is 0 Å². The van der Waals surface area contributed by atoms with Crippen molar-refractivity contribution >= 4 is 25.7 Å². The van der Waals surface area contributed by atoms with Crippen molar-refractivity contribution in [3.8, 4) is 0 Å². The summed E-state index contributed by atoms with van der Waals surface area (Å²) in [5.41, 5.74) is 0.0380.